The monoisotopic (exact) mass is 727 g/mol. The molecule has 16 nitrogen and oxygen atoms in total. The van der Waals surface area contributed by atoms with Gasteiger partial charge < -0.3 is 10.4 Å². The SMILES string of the molecule is C=Cc1ccc(N=Nc2c(SOOO)cc3cc(S(=O)(=O)O)cc(NC(=O)C(N=Nc4ccc(S(=O)(=O)C=C)cc4)C(C)=O)c3c2O)cc1. The van der Waals surface area contributed by atoms with Crippen molar-refractivity contribution in [3.8, 4) is 5.75 Å². The molecule has 0 bridgehead atoms. The van der Waals surface area contributed by atoms with Gasteiger partial charge in [0.1, 0.15) is 5.69 Å². The van der Waals surface area contributed by atoms with Gasteiger partial charge in [0, 0.05) is 10.8 Å². The quantitative estimate of drug-likeness (QED) is 0.0259. The van der Waals surface area contributed by atoms with Crippen LogP contribution < -0.4 is 5.32 Å². The summed E-state index contributed by atoms with van der Waals surface area (Å²) in [5.41, 5.74) is 0.569. The minimum absolute atomic E-state index is 0.0578. The zero-order valence-corrected chi connectivity index (χ0v) is 27.6. The minimum Gasteiger partial charge on any atom is -0.505 e. The molecule has 1 amide bonds. The summed E-state index contributed by atoms with van der Waals surface area (Å²) in [5, 5.41) is 42.4. The van der Waals surface area contributed by atoms with E-state index in [9.17, 15) is 36.1 Å². The Bertz CT molecular complexity index is 2220. The topological polar surface area (TPSA) is 243 Å². The van der Waals surface area contributed by atoms with E-state index in [-0.39, 0.29) is 31.9 Å². The van der Waals surface area contributed by atoms with Crippen molar-refractivity contribution in [2.75, 3.05) is 5.32 Å². The Kier molecular flexibility index (Phi) is 11.5. The van der Waals surface area contributed by atoms with Crippen LogP contribution in [0.1, 0.15) is 12.5 Å². The van der Waals surface area contributed by atoms with Crippen molar-refractivity contribution in [3.63, 3.8) is 0 Å². The maximum Gasteiger partial charge on any atom is 0.294 e. The number of nitrogens with one attached hydrogen (secondary N) is 1. The second-order valence-electron chi connectivity index (χ2n) is 9.76. The summed E-state index contributed by atoms with van der Waals surface area (Å²) >= 11 is 0.358. The van der Waals surface area contributed by atoms with Crippen LogP contribution in [0.3, 0.4) is 0 Å². The van der Waals surface area contributed by atoms with E-state index in [4.69, 9.17) is 5.26 Å². The number of benzene rings is 4. The summed E-state index contributed by atoms with van der Waals surface area (Å²) < 4.78 is 62.6. The third kappa shape index (κ3) is 8.86. The van der Waals surface area contributed by atoms with Crippen molar-refractivity contribution in [1.82, 2.24) is 0 Å². The molecule has 0 aromatic heterocycles. The van der Waals surface area contributed by atoms with E-state index < -0.39 is 54.0 Å². The van der Waals surface area contributed by atoms with Crippen LogP contribution in [-0.4, -0.2) is 49.5 Å². The van der Waals surface area contributed by atoms with Gasteiger partial charge in [-0.3, -0.25) is 14.1 Å². The Hall–Kier alpha value is -5.15. The van der Waals surface area contributed by atoms with Crippen LogP contribution in [0.25, 0.3) is 16.8 Å². The molecule has 0 fully saturated rings. The van der Waals surface area contributed by atoms with E-state index in [0.717, 1.165) is 30.0 Å². The number of aromatic hydroxyl groups is 1. The highest BCUT2D eigenvalue weighted by Crippen LogP contribution is 2.47. The third-order valence-electron chi connectivity index (χ3n) is 6.53. The fraction of sp³-hybridized carbons (Fsp3) is 0.0667. The number of hydrogen-bond donors (Lipinski definition) is 4. The predicted octanol–water partition coefficient (Wildman–Crippen LogP) is 6.88. The van der Waals surface area contributed by atoms with Crippen molar-refractivity contribution in [2.24, 2.45) is 20.5 Å². The van der Waals surface area contributed by atoms with Crippen molar-refractivity contribution in [1.29, 1.82) is 0 Å². The highest BCUT2D eigenvalue weighted by Gasteiger charge is 2.27. The molecule has 0 aliphatic heterocycles. The van der Waals surface area contributed by atoms with Gasteiger partial charge in [0.15, 0.2) is 21.4 Å². The van der Waals surface area contributed by atoms with Crippen molar-refractivity contribution in [2.45, 2.75) is 27.7 Å². The Morgan fingerprint density at radius 1 is 0.918 bits per heavy atom. The number of sulfone groups is 1. The zero-order valence-electron chi connectivity index (χ0n) is 25.1. The van der Waals surface area contributed by atoms with Crippen molar-refractivity contribution in [3.05, 3.63) is 90.9 Å². The molecule has 4 aromatic carbocycles. The number of azo groups is 2. The van der Waals surface area contributed by atoms with Gasteiger partial charge in [-0.25, -0.2) is 13.7 Å². The lowest BCUT2D eigenvalue weighted by Gasteiger charge is -2.16. The molecule has 49 heavy (non-hydrogen) atoms. The van der Waals surface area contributed by atoms with Crippen LogP contribution in [0.15, 0.2) is 120 Å². The standard InChI is InChI=1S/C30H25N5O11S3/c1-4-18-6-8-20(9-7-18)33-35-28-25(47-46-45-39)15-19-14-23(49(42,43)44)16-24(26(19)29(28)37)31-30(38)27(17(3)36)34-32-21-10-12-22(13-11-21)48(40,41)5-2/h4-16,27,37,39H,1-2H2,3H3,(H,31,38)(H,42,43,44). The smallest absolute Gasteiger partial charge is 0.294 e. The number of rotatable bonds is 14. The first kappa shape index (κ1) is 36.7. The zero-order chi connectivity index (χ0) is 35.9. The average molecular weight is 728 g/mol. The maximum absolute atomic E-state index is 13.4. The highest BCUT2D eigenvalue weighted by molar-refractivity contribution is 7.94. The van der Waals surface area contributed by atoms with Gasteiger partial charge in [-0.2, -0.15) is 23.8 Å². The molecular formula is C30H25N5O11S3. The first-order valence-electron chi connectivity index (χ1n) is 13.5. The molecule has 0 heterocycles. The number of fused-ring (bicyclic) bond motifs is 1. The van der Waals surface area contributed by atoms with Crippen LogP contribution in [0.5, 0.6) is 5.75 Å². The van der Waals surface area contributed by atoms with E-state index in [1.165, 1.54) is 30.3 Å². The number of ketones is 1. The number of phenolic OH excluding ortho intramolecular Hbond substituents is 1. The Morgan fingerprint density at radius 3 is 2.12 bits per heavy atom. The minimum atomic E-state index is -4.90. The molecule has 0 aliphatic carbocycles. The van der Waals surface area contributed by atoms with E-state index in [1.807, 2.05) is 0 Å². The molecule has 254 valence electrons. The molecule has 4 aromatic rings. The molecule has 0 saturated heterocycles. The van der Waals surface area contributed by atoms with Crippen LogP contribution in [0.2, 0.25) is 0 Å². The van der Waals surface area contributed by atoms with Gasteiger partial charge in [-0.15, -0.1) is 9.45 Å². The Labute approximate surface area is 283 Å². The van der Waals surface area contributed by atoms with E-state index >= 15 is 0 Å². The molecule has 0 spiro atoms. The molecule has 0 radical (unpaired) electrons. The van der Waals surface area contributed by atoms with Gasteiger partial charge in [0.25, 0.3) is 16.0 Å². The van der Waals surface area contributed by atoms with Crippen LogP contribution in [0, 0.1) is 0 Å². The number of amides is 1. The maximum atomic E-state index is 13.4. The lowest BCUT2D eigenvalue weighted by Crippen LogP contribution is -2.32. The number of nitrogens with zero attached hydrogens (tertiary/aromatic N) is 4. The molecular weight excluding hydrogens is 703 g/mol. The summed E-state index contributed by atoms with van der Waals surface area (Å²) in [6.07, 6.45) is 1.61. The summed E-state index contributed by atoms with van der Waals surface area (Å²) in [5.74, 6) is -2.57. The summed E-state index contributed by atoms with van der Waals surface area (Å²) in [7, 11) is -8.62. The van der Waals surface area contributed by atoms with Crippen molar-refractivity contribution < 1.29 is 50.7 Å². The second kappa shape index (κ2) is 15.4. The fourth-order valence-corrected chi connectivity index (χ4v) is 5.89. The number of anilines is 1. The molecule has 0 aliphatic rings. The van der Waals surface area contributed by atoms with E-state index in [0.29, 0.717) is 17.7 Å². The van der Waals surface area contributed by atoms with Crippen molar-refractivity contribution >= 4 is 83.3 Å². The van der Waals surface area contributed by atoms with E-state index in [2.05, 4.69) is 48.3 Å². The number of phenols is 1. The Balaban J connectivity index is 1.80. The lowest BCUT2D eigenvalue weighted by molar-refractivity contribution is -0.432. The lowest BCUT2D eigenvalue weighted by atomic mass is 10.1. The largest absolute Gasteiger partial charge is 0.505 e. The summed E-state index contributed by atoms with van der Waals surface area (Å²) in [6, 6.07) is 12.9. The van der Waals surface area contributed by atoms with Gasteiger partial charge in [0.2, 0.25) is 6.04 Å². The van der Waals surface area contributed by atoms with Gasteiger partial charge in [0.05, 0.1) is 43.8 Å². The first-order valence-corrected chi connectivity index (χ1v) is 17.2. The predicted molar refractivity (Wildman–Crippen MR) is 178 cm³/mol. The number of carbonyl (C=O) groups excluding carboxylic acids is 2. The fourth-order valence-electron chi connectivity index (χ4n) is 4.15. The summed E-state index contributed by atoms with van der Waals surface area (Å²) in [6.45, 7) is 7.96. The first-order chi connectivity index (χ1) is 23.2. The van der Waals surface area contributed by atoms with Crippen LogP contribution in [-0.2, 0) is 38.9 Å². The molecule has 4 N–H and O–H groups in total. The average Bonchev–Trinajstić information content (AvgIpc) is 3.06. The highest BCUT2D eigenvalue weighted by atomic mass is 32.2. The normalized spacial score (nSPS) is 12.7. The third-order valence-corrected chi connectivity index (χ3v) is 9.35. The molecule has 1 unspecified atom stereocenters. The second-order valence-corrected chi connectivity index (χ2v) is 13.8. The van der Waals surface area contributed by atoms with Crippen LogP contribution in [0.4, 0.5) is 22.7 Å². The van der Waals surface area contributed by atoms with Gasteiger partial charge in [-0.1, -0.05) is 36.4 Å². The molecule has 19 heteroatoms. The van der Waals surface area contributed by atoms with Crippen LogP contribution >= 0.6 is 12.0 Å². The van der Waals surface area contributed by atoms with Gasteiger partial charge >= 0.3 is 0 Å². The molecule has 1 atom stereocenters. The summed E-state index contributed by atoms with van der Waals surface area (Å²) in [4.78, 5) is 25.0. The molecule has 0 saturated carbocycles. The van der Waals surface area contributed by atoms with Gasteiger partial charge in [-0.05, 0) is 72.5 Å². The number of hydrogen-bond acceptors (Lipinski definition) is 15. The van der Waals surface area contributed by atoms with E-state index in [1.54, 1.807) is 30.3 Å². The Morgan fingerprint density at radius 2 is 1.55 bits per heavy atom. The number of Topliss-reactive ketones (excluding diaryl/α,β-unsaturated/α-hetero) is 1. The molecule has 4 rings (SSSR count). The number of carbonyl (C=O) groups is 2.